The van der Waals surface area contributed by atoms with E-state index < -0.39 is 5.41 Å². The number of thiophene rings is 1. The van der Waals surface area contributed by atoms with Gasteiger partial charge in [-0.05, 0) is 36.1 Å². The van der Waals surface area contributed by atoms with Crippen molar-refractivity contribution in [3.63, 3.8) is 0 Å². The lowest BCUT2D eigenvalue weighted by molar-refractivity contribution is -0.201. The lowest BCUT2D eigenvalue weighted by atomic mass is 9.79. The number of ether oxygens (including phenoxy) is 1. The normalized spacial score (nSPS) is 14.1. The number of nitriles is 3. The highest BCUT2D eigenvalue weighted by Crippen LogP contribution is 2.31. The Hall–Kier alpha value is -3.24. The maximum Gasteiger partial charge on any atom is 0.169 e. The molecule has 0 saturated carbocycles. The molecule has 0 aliphatic carbocycles. The molecule has 0 unspecified atom stereocenters. The molecule has 1 aromatic carbocycles. The van der Waals surface area contributed by atoms with E-state index in [1.165, 1.54) is 4.88 Å². The zero-order chi connectivity index (χ0) is 22.1. The zero-order valence-corrected chi connectivity index (χ0v) is 18.0. The predicted molar refractivity (Wildman–Crippen MR) is 120 cm³/mol. The molecule has 1 fully saturated rings. The van der Waals surface area contributed by atoms with Crippen LogP contribution in [0.1, 0.15) is 27.3 Å². The van der Waals surface area contributed by atoms with Gasteiger partial charge in [-0.3, -0.25) is 0 Å². The first-order valence-electron chi connectivity index (χ1n) is 10.0. The van der Waals surface area contributed by atoms with Crippen molar-refractivity contribution in [1.29, 1.82) is 15.8 Å². The molecule has 0 spiro atoms. The maximum absolute atomic E-state index is 9.82. The molecule has 6 nitrogen and oxygen atoms in total. The van der Waals surface area contributed by atoms with Crippen molar-refractivity contribution in [3.05, 3.63) is 62.7 Å². The van der Waals surface area contributed by atoms with E-state index in [1.807, 2.05) is 11.9 Å². The first-order chi connectivity index (χ1) is 15.1. The Morgan fingerprint density at radius 3 is 2.23 bits per heavy atom. The predicted octanol–water partition coefficient (Wildman–Crippen LogP) is 3.94. The third kappa shape index (κ3) is 5.47. The highest BCUT2D eigenvalue weighted by atomic mass is 32.1. The third-order valence-corrected chi connectivity index (χ3v) is 6.61. The number of rotatable bonds is 8. The Morgan fingerprint density at radius 1 is 1.00 bits per heavy atom. The average Bonchev–Trinajstić information content (AvgIpc) is 3.29. The van der Waals surface area contributed by atoms with Crippen LogP contribution in [0.2, 0.25) is 0 Å². The second kappa shape index (κ2) is 10.7. The lowest BCUT2D eigenvalue weighted by Gasteiger charge is -2.23. The molecule has 2 aromatic rings. The largest absolute Gasteiger partial charge is 0.762 e. The second-order valence-electron chi connectivity index (χ2n) is 7.26. The molecule has 0 atom stereocenters. The molecule has 31 heavy (non-hydrogen) atoms. The minimum absolute atomic E-state index is 0.00687. The van der Waals surface area contributed by atoms with Gasteiger partial charge in [0.25, 0.3) is 0 Å². The Labute approximate surface area is 186 Å². The van der Waals surface area contributed by atoms with Crippen LogP contribution in [-0.2, 0) is 27.4 Å². The van der Waals surface area contributed by atoms with Crippen molar-refractivity contribution in [1.82, 2.24) is 0 Å². The quantitative estimate of drug-likeness (QED) is 0.359. The van der Waals surface area contributed by atoms with Gasteiger partial charge in [0.15, 0.2) is 25.2 Å². The van der Waals surface area contributed by atoms with Crippen LogP contribution >= 0.6 is 11.3 Å². The van der Waals surface area contributed by atoms with Gasteiger partial charge in [-0.2, -0.15) is 15.8 Å². The van der Waals surface area contributed by atoms with Crippen LogP contribution in [0.5, 0.6) is 0 Å². The molecule has 0 radical (unpaired) electrons. The molecule has 1 saturated heterocycles. The zero-order valence-electron chi connectivity index (χ0n) is 17.1. The van der Waals surface area contributed by atoms with Gasteiger partial charge in [-0.15, -0.1) is 11.3 Å². The molecule has 0 amide bonds. The van der Waals surface area contributed by atoms with Crippen LogP contribution in [0.4, 0.5) is 0 Å². The van der Waals surface area contributed by atoms with Crippen molar-refractivity contribution < 1.29 is 9.10 Å². The molecule has 3 rings (SSSR count). The number of allylic oxidation sites excluding steroid dienone is 1. The molecule has 2 heterocycles. The van der Waals surface area contributed by atoms with Gasteiger partial charge in [0.2, 0.25) is 0 Å². The van der Waals surface area contributed by atoms with Crippen molar-refractivity contribution in [3.8, 4) is 18.2 Å². The summed E-state index contributed by atoms with van der Waals surface area (Å²) in [5, 5.41) is 37.6. The molecule has 1 aliphatic rings. The number of hydrogen-bond donors (Lipinski definition) is 0. The Kier molecular flexibility index (Phi) is 7.74. The molecular formula is C24H22N4O2S. The standard InChI is InChI=1S/C24H22N4O2S/c25-15-20(16-26)19-1-3-21(4-2-19)24(17-27,18-28)9-7-22-5-6-23(31-22)8-12-30-13-10-29-11-14-30/h1-6H,7-14H2. The summed E-state index contributed by atoms with van der Waals surface area (Å²) in [5.41, 5.74) is -0.199. The second-order valence-corrected chi connectivity index (χ2v) is 8.51. The molecule has 1 aliphatic heterocycles. The number of hydrogen-bond acceptors (Lipinski definition) is 5. The number of benzene rings is 1. The number of aryl methyl sites for hydroxylation is 1. The monoisotopic (exact) mass is 430 g/mol. The molecule has 0 bridgehead atoms. The van der Waals surface area contributed by atoms with E-state index in [0.717, 1.165) is 44.3 Å². The molecule has 156 valence electrons. The Bertz CT molecular complexity index is 1060. The minimum atomic E-state index is -1.27. The van der Waals surface area contributed by atoms with Crippen molar-refractivity contribution in [2.45, 2.75) is 24.7 Å². The van der Waals surface area contributed by atoms with Crippen molar-refractivity contribution in [2.75, 3.05) is 33.0 Å². The number of nitrogens with zero attached hydrogens (tertiary/aromatic N) is 4. The summed E-state index contributed by atoms with van der Waals surface area (Å²) in [6.45, 7) is 4.24. The SMILES string of the molecule is N#CC(=C=[N-])c1ccc(C(C#N)(C#N)CCc2ccc(CC[O+]3CCOCC3)s2)cc1. The van der Waals surface area contributed by atoms with Crippen molar-refractivity contribution in [2.24, 2.45) is 0 Å². The van der Waals surface area contributed by atoms with Crippen LogP contribution < -0.4 is 0 Å². The lowest BCUT2D eigenvalue weighted by Crippen LogP contribution is -2.30. The van der Waals surface area contributed by atoms with E-state index in [2.05, 4.69) is 28.6 Å². The highest BCUT2D eigenvalue weighted by Gasteiger charge is 2.32. The summed E-state index contributed by atoms with van der Waals surface area (Å²) >= 11 is 1.73. The van der Waals surface area contributed by atoms with Gasteiger partial charge in [0, 0.05) is 9.75 Å². The van der Waals surface area contributed by atoms with Gasteiger partial charge in [-0.25, -0.2) is 5.87 Å². The summed E-state index contributed by atoms with van der Waals surface area (Å²) in [5.74, 6) is 1.85. The summed E-state index contributed by atoms with van der Waals surface area (Å²) in [6.07, 6.45) is 1.96. The maximum atomic E-state index is 9.82. The minimum Gasteiger partial charge on any atom is -0.762 e. The van der Waals surface area contributed by atoms with Crippen LogP contribution in [-0.4, -0.2) is 38.9 Å². The van der Waals surface area contributed by atoms with E-state index in [1.54, 1.807) is 35.6 Å². The van der Waals surface area contributed by atoms with Gasteiger partial charge in [-0.1, -0.05) is 24.3 Å². The van der Waals surface area contributed by atoms with Gasteiger partial charge in [0.1, 0.15) is 19.3 Å². The summed E-state index contributed by atoms with van der Waals surface area (Å²) in [6, 6.07) is 17.0. The first kappa shape index (κ1) is 22.4. The van der Waals surface area contributed by atoms with Crippen LogP contribution in [0.15, 0.2) is 36.4 Å². The van der Waals surface area contributed by atoms with Gasteiger partial charge >= 0.3 is 0 Å². The summed E-state index contributed by atoms with van der Waals surface area (Å²) in [7, 11) is 0. The van der Waals surface area contributed by atoms with Crippen LogP contribution in [0.3, 0.4) is 0 Å². The van der Waals surface area contributed by atoms with Crippen LogP contribution in [0.25, 0.3) is 11.0 Å². The van der Waals surface area contributed by atoms with E-state index in [0.29, 0.717) is 24.0 Å². The molecule has 1 aromatic heterocycles. The Morgan fingerprint density at radius 2 is 1.65 bits per heavy atom. The van der Waals surface area contributed by atoms with E-state index >= 15 is 0 Å². The van der Waals surface area contributed by atoms with E-state index in [4.69, 9.17) is 15.4 Å². The Balaban J connectivity index is 1.65. The average molecular weight is 431 g/mol. The molecule has 7 heteroatoms. The molecular weight excluding hydrogens is 408 g/mol. The smallest absolute Gasteiger partial charge is 0.169 e. The van der Waals surface area contributed by atoms with Gasteiger partial charge < -0.3 is 14.5 Å². The fourth-order valence-corrected chi connectivity index (χ4v) is 4.49. The highest BCUT2D eigenvalue weighted by molar-refractivity contribution is 7.12. The topological polar surface area (TPSA) is 106 Å². The summed E-state index contributed by atoms with van der Waals surface area (Å²) in [4.78, 5) is 2.44. The van der Waals surface area contributed by atoms with Crippen molar-refractivity contribution >= 4 is 22.8 Å². The fraction of sp³-hybridized carbons (Fsp3) is 0.375. The fourth-order valence-electron chi connectivity index (χ4n) is 3.49. The summed E-state index contributed by atoms with van der Waals surface area (Å²) < 4.78 is 8.60. The van der Waals surface area contributed by atoms with Gasteiger partial charge in [0.05, 0.1) is 24.1 Å². The van der Waals surface area contributed by atoms with Crippen LogP contribution in [0, 0.1) is 34.0 Å². The third-order valence-electron chi connectivity index (χ3n) is 5.41. The van der Waals surface area contributed by atoms with E-state index in [9.17, 15) is 10.5 Å². The molecule has 0 N–H and O–H groups in total. The first-order valence-corrected chi connectivity index (χ1v) is 10.9. The van der Waals surface area contributed by atoms with E-state index in [-0.39, 0.29) is 5.57 Å².